The lowest BCUT2D eigenvalue weighted by Gasteiger charge is -2.23. The average molecular weight is 484 g/mol. The number of Topliss-reactive ketones (excluding diaryl/α,β-unsaturated/α-hetero) is 1. The number of fused-ring (bicyclic) bond motifs is 1. The number of aliphatic hydroxyl groups is 1. The Kier molecular flexibility index (Phi) is 5.43. The van der Waals surface area contributed by atoms with Gasteiger partial charge in [0.25, 0.3) is 5.91 Å². The first-order valence-corrected chi connectivity index (χ1v) is 11.3. The Labute approximate surface area is 188 Å². The van der Waals surface area contributed by atoms with E-state index in [1.807, 2.05) is 51.1 Å². The normalized spacial score (nSPS) is 18.0. The summed E-state index contributed by atoms with van der Waals surface area (Å²) in [6.07, 6.45) is -0.279. The van der Waals surface area contributed by atoms with Crippen molar-refractivity contribution >= 4 is 44.6 Å². The van der Waals surface area contributed by atoms with Crippen LogP contribution in [0.5, 0.6) is 0 Å². The molecule has 30 heavy (non-hydrogen) atoms. The van der Waals surface area contributed by atoms with Crippen molar-refractivity contribution in [3.8, 4) is 0 Å². The van der Waals surface area contributed by atoms with Gasteiger partial charge in [-0.25, -0.2) is 0 Å². The summed E-state index contributed by atoms with van der Waals surface area (Å²) in [7, 11) is 0. The van der Waals surface area contributed by atoms with E-state index in [9.17, 15) is 14.7 Å². The number of ketones is 1. The molecule has 6 heteroatoms. The third-order valence-electron chi connectivity index (χ3n) is 5.56. The van der Waals surface area contributed by atoms with Gasteiger partial charge in [0, 0.05) is 14.9 Å². The van der Waals surface area contributed by atoms with Gasteiger partial charge in [-0.15, -0.1) is 11.3 Å². The average Bonchev–Trinajstić information content (AvgIpc) is 3.21. The summed E-state index contributed by atoms with van der Waals surface area (Å²) in [4.78, 5) is 29.5. The summed E-state index contributed by atoms with van der Waals surface area (Å²) < 4.78 is 0.750. The van der Waals surface area contributed by atoms with Crippen LogP contribution < -0.4 is 4.90 Å². The Bertz CT molecular complexity index is 1170. The fraction of sp³-hybridized carbons (Fsp3) is 0.250. The SMILES string of the molecule is Cc1ccc(C)c(CN2C(=O)C(O)(CC(=O)c3ccc(C)s3)c3cc(Br)ccc32)c1. The molecule has 2 aromatic carbocycles. The summed E-state index contributed by atoms with van der Waals surface area (Å²) in [5.41, 5.74) is 2.42. The molecule has 1 aromatic heterocycles. The predicted molar refractivity (Wildman–Crippen MR) is 123 cm³/mol. The van der Waals surface area contributed by atoms with E-state index in [0.29, 0.717) is 22.7 Å². The van der Waals surface area contributed by atoms with E-state index in [0.717, 1.165) is 26.0 Å². The lowest BCUT2D eigenvalue weighted by Crippen LogP contribution is -2.41. The summed E-state index contributed by atoms with van der Waals surface area (Å²) in [6, 6.07) is 15.1. The van der Waals surface area contributed by atoms with E-state index >= 15 is 0 Å². The quantitative estimate of drug-likeness (QED) is 0.491. The maximum absolute atomic E-state index is 13.5. The number of nitrogens with zero attached hydrogens (tertiary/aromatic N) is 1. The van der Waals surface area contributed by atoms with Crippen molar-refractivity contribution in [2.24, 2.45) is 0 Å². The molecule has 0 fully saturated rings. The lowest BCUT2D eigenvalue weighted by atomic mass is 9.89. The molecule has 1 N–H and O–H groups in total. The molecule has 0 aliphatic carbocycles. The molecule has 3 aromatic rings. The molecule has 0 spiro atoms. The minimum absolute atomic E-state index is 0.233. The molecule has 0 bridgehead atoms. The van der Waals surface area contributed by atoms with Gasteiger partial charge < -0.3 is 10.0 Å². The Morgan fingerprint density at radius 1 is 1.10 bits per heavy atom. The van der Waals surface area contributed by atoms with Gasteiger partial charge in [0.2, 0.25) is 0 Å². The standard InChI is InChI=1S/C24H22BrNO3S/c1-14-4-5-15(2)17(10-14)13-26-20-8-7-18(25)11-19(20)24(29,23(26)28)12-21(27)22-9-6-16(3)30-22/h4-11,29H,12-13H2,1-3H3. The Morgan fingerprint density at radius 2 is 1.87 bits per heavy atom. The van der Waals surface area contributed by atoms with Gasteiger partial charge in [-0.2, -0.15) is 0 Å². The van der Waals surface area contributed by atoms with Crippen LogP contribution in [0.1, 0.15) is 43.2 Å². The molecule has 2 heterocycles. The maximum Gasteiger partial charge on any atom is 0.264 e. The number of amides is 1. The van der Waals surface area contributed by atoms with Crippen LogP contribution in [-0.4, -0.2) is 16.8 Å². The second kappa shape index (κ2) is 7.76. The lowest BCUT2D eigenvalue weighted by molar-refractivity contribution is -0.136. The highest BCUT2D eigenvalue weighted by Crippen LogP contribution is 2.45. The molecule has 1 amide bonds. The molecule has 4 rings (SSSR count). The first-order chi connectivity index (χ1) is 14.2. The van der Waals surface area contributed by atoms with E-state index in [4.69, 9.17) is 0 Å². The van der Waals surface area contributed by atoms with Gasteiger partial charge in [-0.05, 0) is 62.2 Å². The van der Waals surface area contributed by atoms with Crippen LogP contribution in [0.3, 0.4) is 0 Å². The van der Waals surface area contributed by atoms with Gasteiger partial charge in [0.05, 0.1) is 23.5 Å². The van der Waals surface area contributed by atoms with Gasteiger partial charge in [0.1, 0.15) is 0 Å². The number of rotatable bonds is 5. The molecule has 1 aliphatic heterocycles. The zero-order valence-corrected chi connectivity index (χ0v) is 19.4. The van der Waals surface area contributed by atoms with E-state index < -0.39 is 11.5 Å². The van der Waals surface area contributed by atoms with E-state index in [2.05, 4.69) is 22.0 Å². The van der Waals surface area contributed by atoms with Gasteiger partial charge in [-0.1, -0.05) is 39.7 Å². The third-order valence-corrected chi connectivity index (χ3v) is 7.09. The summed E-state index contributed by atoms with van der Waals surface area (Å²) in [6.45, 7) is 6.29. The number of carbonyl (C=O) groups excluding carboxylic acids is 2. The fourth-order valence-corrected chi connectivity index (χ4v) is 5.06. The van der Waals surface area contributed by atoms with E-state index in [-0.39, 0.29) is 12.2 Å². The number of hydrogen-bond acceptors (Lipinski definition) is 4. The van der Waals surface area contributed by atoms with Crippen molar-refractivity contribution in [3.05, 3.63) is 85.0 Å². The second-order valence-corrected chi connectivity index (χ2v) is 10.1. The highest BCUT2D eigenvalue weighted by molar-refractivity contribution is 9.10. The van der Waals surface area contributed by atoms with Crippen molar-refractivity contribution in [3.63, 3.8) is 0 Å². The smallest absolute Gasteiger partial charge is 0.264 e. The number of aryl methyl sites for hydroxylation is 3. The van der Waals surface area contributed by atoms with Crippen molar-refractivity contribution in [2.75, 3.05) is 4.90 Å². The van der Waals surface area contributed by atoms with Crippen LogP contribution in [0.15, 0.2) is 53.0 Å². The van der Waals surface area contributed by atoms with Crippen molar-refractivity contribution < 1.29 is 14.7 Å². The van der Waals surface area contributed by atoms with Crippen LogP contribution >= 0.6 is 27.3 Å². The monoisotopic (exact) mass is 483 g/mol. The highest BCUT2D eigenvalue weighted by atomic mass is 79.9. The maximum atomic E-state index is 13.5. The number of carbonyl (C=O) groups is 2. The first-order valence-electron chi connectivity index (χ1n) is 9.69. The Hall–Kier alpha value is -2.28. The molecule has 0 radical (unpaired) electrons. The van der Waals surface area contributed by atoms with Gasteiger partial charge in [0.15, 0.2) is 11.4 Å². The van der Waals surface area contributed by atoms with Crippen LogP contribution in [0.25, 0.3) is 0 Å². The number of hydrogen-bond donors (Lipinski definition) is 1. The predicted octanol–water partition coefficient (Wildman–Crippen LogP) is 5.44. The Balaban J connectivity index is 1.74. The van der Waals surface area contributed by atoms with Crippen molar-refractivity contribution in [1.82, 2.24) is 0 Å². The fourth-order valence-electron chi connectivity index (χ4n) is 3.90. The van der Waals surface area contributed by atoms with Crippen LogP contribution in [-0.2, 0) is 16.9 Å². The van der Waals surface area contributed by atoms with Crippen LogP contribution in [0.2, 0.25) is 0 Å². The second-order valence-electron chi connectivity index (χ2n) is 7.85. The number of benzene rings is 2. The topological polar surface area (TPSA) is 57.6 Å². The summed E-state index contributed by atoms with van der Waals surface area (Å²) in [5, 5.41) is 11.5. The van der Waals surface area contributed by atoms with E-state index in [1.165, 1.54) is 11.3 Å². The summed E-state index contributed by atoms with van der Waals surface area (Å²) >= 11 is 4.81. The zero-order chi connectivity index (χ0) is 21.6. The first kappa shape index (κ1) is 21.0. The molecular formula is C24H22BrNO3S. The zero-order valence-electron chi connectivity index (χ0n) is 17.0. The summed E-state index contributed by atoms with van der Waals surface area (Å²) in [5.74, 6) is -0.693. The van der Waals surface area contributed by atoms with Crippen LogP contribution in [0.4, 0.5) is 5.69 Å². The number of anilines is 1. The minimum Gasteiger partial charge on any atom is -0.375 e. The molecule has 4 nitrogen and oxygen atoms in total. The number of halogens is 1. The molecule has 1 aliphatic rings. The highest BCUT2D eigenvalue weighted by Gasteiger charge is 2.51. The molecule has 1 unspecified atom stereocenters. The third kappa shape index (κ3) is 3.64. The van der Waals surface area contributed by atoms with Gasteiger partial charge >= 0.3 is 0 Å². The largest absolute Gasteiger partial charge is 0.375 e. The molecule has 0 saturated carbocycles. The van der Waals surface area contributed by atoms with Crippen LogP contribution in [0, 0.1) is 20.8 Å². The van der Waals surface area contributed by atoms with Crippen molar-refractivity contribution in [1.29, 1.82) is 0 Å². The van der Waals surface area contributed by atoms with Crippen molar-refractivity contribution in [2.45, 2.75) is 39.3 Å². The molecule has 1 atom stereocenters. The minimum atomic E-state index is -1.88. The number of thiophene rings is 1. The van der Waals surface area contributed by atoms with E-state index in [1.54, 1.807) is 17.0 Å². The molecular weight excluding hydrogens is 462 g/mol. The van der Waals surface area contributed by atoms with Gasteiger partial charge in [-0.3, -0.25) is 9.59 Å². The Morgan fingerprint density at radius 3 is 2.57 bits per heavy atom. The molecule has 154 valence electrons. The molecule has 0 saturated heterocycles.